The minimum Gasteiger partial charge on any atom is -0.468 e. The highest BCUT2D eigenvalue weighted by molar-refractivity contribution is 6.31. The number of likely N-dealkylation sites (tertiary alicyclic amines) is 1. The van der Waals surface area contributed by atoms with Crippen molar-refractivity contribution < 1.29 is 9.53 Å². The Kier molecular flexibility index (Phi) is 5.40. The SMILES string of the molecule is COC(=O)C1CCCCN1Cc1ccc(CN)cc1Cl. The first-order chi connectivity index (χ1) is 9.65. The van der Waals surface area contributed by atoms with Gasteiger partial charge in [-0.1, -0.05) is 30.2 Å². The van der Waals surface area contributed by atoms with Crippen LogP contribution in [0.5, 0.6) is 0 Å². The highest BCUT2D eigenvalue weighted by Gasteiger charge is 2.29. The molecule has 0 saturated carbocycles. The van der Waals surface area contributed by atoms with E-state index in [4.69, 9.17) is 22.1 Å². The molecule has 110 valence electrons. The molecule has 0 amide bonds. The molecule has 5 heteroatoms. The van der Waals surface area contributed by atoms with Crippen LogP contribution >= 0.6 is 11.6 Å². The number of halogens is 1. The maximum absolute atomic E-state index is 11.8. The molecular formula is C15H21ClN2O2. The molecule has 1 heterocycles. The third-order valence-electron chi connectivity index (χ3n) is 3.81. The van der Waals surface area contributed by atoms with Crippen LogP contribution in [0.25, 0.3) is 0 Å². The number of esters is 1. The molecule has 2 rings (SSSR count). The molecule has 0 aliphatic carbocycles. The molecule has 1 aliphatic heterocycles. The zero-order valence-electron chi connectivity index (χ0n) is 11.8. The predicted molar refractivity (Wildman–Crippen MR) is 79.4 cm³/mol. The van der Waals surface area contributed by atoms with E-state index in [1.807, 2.05) is 18.2 Å². The summed E-state index contributed by atoms with van der Waals surface area (Å²) in [5, 5.41) is 0.710. The van der Waals surface area contributed by atoms with Gasteiger partial charge in [-0.3, -0.25) is 9.69 Å². The van der Waals surface area contributed by atoms with Gasteiger partial charge in [0.2, 0.25) is 0 Å². The van der Waals surface area contributed by atoms with Crippen LogP contribution in [0.3, 0.4) is 0 Å². The topological polar surface area (TPSA) is 55.6 Å². The van der Waals surface area contributed by atoms with E-state index >= 15 is 0 Å². The summed E-state index contributed by atoms with van der Waals surface area (Å²) in [6, 6.07) is 5.72. The Labute approximate surface area is 124 Å². The van der Waals surface area contributed by atoms with Crippen molar-refractivity contribution in [3.63, 3.8) is 0 Å². The molecule has 0 bridgehead atoms. The Morgan fingerprint density at radius 2 is 2.30 bits per heavy atom. The number of methoxy groups -OCH3 is 1. The smallest absolute Gasteiger partial charge is 0.323 e. The fourth-order valence-corrected chi connectivity index (χ4v) is 2.91. The van der Waals surface area contributed by atoms with E-state index in [-0.39, 0.29) is 12.0 Å². The number of hydrogen-bond donors (Lipinski definition) is 1. The summed E-state index contributed by atoms with van der Waals surface area (Å²) in [4.78, 5) is 14.0. The number of piperidine rings is 1. The molecule has 1 fully saturated rings. The normalized spacial score (nSPS) is 19.9. The summed E-state index contributed by atoms with van der Waals surface area (Å²) in [6.07, 6.45) is 3.02. The quantitative estimate of drug-likeness (QED) is 0.867. The van der Waals surface area contributed by atoms with Crippen LogP contribution in [0.15, 0.2) is 18.2 Å². The van der Waals surface area contributed by atoms with Crippen molar-refractivity contribution in [3.05, 3.63) is 34.3 Å². The first-order valence-electron chi connectivity index (χ1n) is 6.95. The third-order valence-corrected chi connectivity index (χ3v) is 4.17. The van der Waals surface area contributed by atoms with E-state index in [1.54, 1.807) is 0 Å². The van der Waals surface area contributed by atoms with Crippen LogP contribution in [-0.2, 0) is 22.6 Å². The van der Waals surface area contributed by atoms with Gasteiger partial charge in [0.05, 0.1) is 7.11 Å². The first kappa shape index (κ1) is 15.3. The Morgan fingerprint density at radius 1 is 1.50 bits per heavy atom. The number of carbonyl (C=O) groups excluding carboxylic acids is 1. The van der Waals surface area contributed by atoms with E-state index in [0.29, 0.717) is 18.1 Å². The van der Waals surface area contributed by atoms with Crippen LogP contribution in [0.4, 0.5) is 0 Å². The number of nitrogens with two attached hydrogens (primary N) is 1. The number of rotatable bonds is 4. The van der Waals surface area contributed by atoms with Crippen LogP contribution < -0.4 is 5.73 Å². The molecule has 0 aromatic heterocycles. The van der Waals surface area contributed by atoms with Crippen molar-refractivity contribution in [1.82, 2.24) is 4.90 Å². The monoisotopic (exact) mass is 296 g/mol. The van der Waals surface area contributed by atoms with Crippen molar-refractivity contribution in [2.45, 2.75) is 38.4 Å². The number of hydrogen-bond acceptors (Lipinski definition) is 4. The molecule has 1 saturated heterocycles. The Bertz CT molecular complexity index is 479. The Morgan fingerprint density at radius 3 is 2.95 bits per heavy atom. The van der Waals surface area contributed by atoms with Gasteiger partial charge in [-0.2, -0.15) is 0 Å². The highest BCUT2D eigenvalue weighted by atomic mass is 35.5. The highest BCUT2D eigenvalue weighted by Crippen LogP contribution is 2.24. The summed E-state index contributed by atoms with van der Waals surface area (Å²) in [5.41, 5.74) is 7.65. The van der Waals surface area contributed by atoms with Gasteiger partial charge in [0.1, 0.15) is 6.04 Å². The van der Waals surface area contributed by atoms with Gasteiger partial charge in [-0.25, -0.2) is 0 Å². The largest absolute Gasteiger partial charge is 0.468 e. The van der Waals surface area contributed by atoms with Crippen molar-refractivity contribution in [3.8, 4) is 0 Å². The maximum atomic E-state index is 11.8. The van der Waals surface area contributed by atoms with E-state index < -0.39 is 0 Å². The van der Waals surface area contributed by atoms with Gasteiger partial charge in [0, 0.05) is 18.1 Å². The van der Waals surface area contributed by atoms with Crippen molar-refractivity contribution in [1.29, 1.82) is 0 Å². The van der Waals surface area contributed by atoms with Gasteiger partial charge in [0.25, 0.3) is 0 Å². The van der Waals surface area contributed by atoms with Crippen molar-refractivity contribution >= 4 is 17.6 Å². The lowest BCUT2D eigenvalue weighted by molar-refractivity contribution is -0.148. The van der Waals surface area contributed by atoms with E-state index in [9.17, 15) is 4.79 Å². The van der Waals surface area contributed by atoms with Gasteiger partial charge in [-0.05, 0) is 36.6 Å². The molecule has 0 radical (unpaired) electrons. The molecule has 2 N–H and O–H groups in total. The van der Waals surface area contributed by atoms with Crippen molar-refractivity contribution in [2.75, 3.05) is 13.7 Å². The van der Waals surface area contributed by atoms with E-state index in [1.165, 1.54) is 7.11 Å². The van der Waals surface area contributed by atoms with Crippen LogP contribution in [0, 0.1) is 0 Å². The Balaban J connectivity index is 2.12. The Hall–Kier alpha value is -1.10. The second-order valence-electron chi connectivity index (χ2n) is 5.14. The molecule has 20 heavy (non-hydrogen) atoms. The molecule has 1 atom stereocenters. The summed E-state index contributed by atoms with van der Waals surface area (Å²) in [6.45, 7) is 2.05. The minimum absolute atomic E-state index is 0.153. The van der Waals surface area contributed by atoms with E-state index in [0.717, 1.165) is 36.9 Å². The molecule has 1 unspecified atom stereocenters. The number of ether oxygens (including phenoxy) is 1. The summed E-state index contributed by atoms with van der Waals surface area (Å²) >= 11 is 6.29. The number of nitrogens with zero attached hydrogens (tertiary/aromatic N) is 1. The fourth-order valence-electron chi connectivity index (χ4n) is 2.65. The van der Waals surface area contributed by atoms with Crippen LogP contribution in [0.2, 0.25) is 5.02 Å². The minimum atomic E-state index is -0.154. The average Bonchev–Trinajstić information content (AvgIpc) is 2.49. The summed E-state index contributed by atoms with van der Waals surface area (Å²) < 4.78 is 4.89. The molecule has 1 aromatic rings. The van der Waals surface area contributed by atoms with Gasteiger partial charge < -0.3 is 10.5 Å². The second kappa shape index (κ2) is 7.07. The molecular weight excluding hydrogens is 276 g/mol. The van der Waals surface area contributed by atoms with E-state index in [2.05, 4.69) is 4.90 Å². The zero-order chi connectivity index (χ0) is 14.5. The lowest BCUT2D eigenvalue weighted by Crippen LogP contribution is -2.44. The standard InChI is InChI=1S/C15H21ClN2O2/c1-20-15(19)14-4-2-3-7-18(14)10-12-6-5-11(9-17)8-13(12)16/h5-6,8,14H,2-4,7,9-10,17H2,1H3. The summed E-state index contributed by atoms with van der Waals surface area (Å²) in [7, 11) is 1.44. The average molecular weight is 297 g/mol. The zero-order valence-corrected chi connectivity index (χ0v) is 12.5. The predicted octanol–water partition coefficient (Wildman–Crippen LogP) is 2.33. The lowest BCUT2D eigenvalue weighted by Gasteiger charge is -2.33. The maximum Gasteiger partial charge on any atom is 0.323 e. The fraction of sp³-hybridized carbons (Fsp3) is 0.533. The molecule has 0 spiro atoms. The molecule has 1 aliphatic rings. The van der Waals surface area contributed by atoms with Crippen LogP contribution in [-0.4, -0.2) is 30.6 Å². The second-order valence-corrected chi connectivity index (χ2v) is 5.54. The summed E-state index contributed by atoms with van der Waals surface area (Å²) in [5.74, 6) is -0.153. The van der Waals surface area contributed by atoms with Gasteiger partial charge in [-0.15, -0.1) is 0 Å². The molecule has 4 nitrogen and oxygen atoms in total. The van der Waals surface area contributed by atoms with Gasteiger partial charge in [0.15, 0.2) is 0 Å². The van der Waals surface area contributed by atoms with Gasteiger partial charge >= 0.3 is 5.97 Å². The first-order valence-corrected chi connectivity index (χ1v) is 7.32. The van der Waals surface area contributed by atoms with Crippen molar-refractivity contribution in [2.24, 2.45) is 5.73 Å². The molecule has 1 aromatic carbocycles. The lowest BCUT2D eigenvalue weighted by atomic mass is 10.0. The van der Waals surface area contributed by atoms with Crippen LogP contribution in [0.1, 0.15) is 30.4 Å². The third kappa shape index (κ3) is 3.51. The number of carbonyl (C=O) groups is 1. The number of benzene rings is 1.